The normalized spacial score (nSPS) is 10.7. The second-order valence-electron chi connectivity index (χ2n) is 8.20. The quantitative estimate of drug-likeness (QED) is 0.299. The van der Waals surface area contributed by atoms with Crippen molar-refractivity contribution in [2.45, 2.75) is 6.42 Å². The predicted octanol–water partition coefficient (Wildman–Crippen LogP) is 5.53. The monoisotopic (exact) mass is 505 g/mol. The third-order valence-corrected chi connectivity index (χ3v) is 6.11. The Morgan fingerprint density at radius 3 is 2.42 bits per heavy atom. The number of rotatable bonds is 9. The number of hydrogen-bond acceptors (Lipinski definition) is 5. The zero-order valence-corrected chi connectivity index (χ0v) is 21.5. The van der Waals surface area contributed by atoms with Gasteiger partial charge in [-0.25, -0.2) is 4.68 Å². The highest BCUT2D eigenvalue weighted by molar-refractivity contribution is 6.30. The van der Waals surface area contributed by atoms with Crippen LogP contribution in [0.25, 0.3) is 16.9 Å². The summed E-state index contributed by atoms with van der Waals surface area (Å²) in [5.74, 6) is 1.88. The first kappa shape index (κ1) is 25.1. The summed E-state index contributed by atoms with van der Waals surface area (Å²) in [6, 6.07) is 22.4. The van der Waals surface area contributed by atoms with Crippen LogP contribution >= 0.6 is 11.6 Å². The molecule has 0 fully saturated rings. The van der Waals surface area contributed by atoms with Crippen LogP contribution in [0.4, 0.5) is 0 Å². The van der Waals surface area contributed by atoms with Gasteiger partial charge in [-0.3, -0.25) is 4.79 Å². The van der Waals surface area contributed by atoms with Crippen molar-refractivity contribution in [2.24, 2.45) is 0 Å². The van der Waals surface area contributed by atoms with Crippen molar-refractivity contribution in [3.8, 4) is 34.2 Å². The smallest absolute Gasteiger partial charge is 0.272 e. The van der Waals surface area contributed by atoms with Crippen LogP contribution in [0.3, 0.4) is 0 Å². The summed E-state index contributed by atoms with van der Waals surface area (Å²) >= 11 is 6.24. The molecule has 0 saturated carbocycles. The molecule has 0 bridgehead atoms. The van der Waals surface area contributed by atoms with Gasteiger partial charge in [0, 0.05) is 24.2 Å². The molecule has 1 aromatic heterocycles. The summed E-state index contributed by atoms with van der Waals surface area (Å²) in [7, 11) is 6.61. The van der Waals surface area contributed by atoms with E-state index in [1.807, 2.05) is 54.6 Å². The summed E-state index contributed by atoms with van der Waals surface area (Å²) in [5.41, 5.74) is 3.67. The molecule has 0 spiro atoms. The number of carbonyl (C=O) groups is 1. The first-order chi connectivity index (χ1) is 17.4. The topological polar surface area (TPSA) is 65.8 Å². The van der Waals surface area contributed by atoms with Crippen LogP contribution in [-0.4, -0.2) is 55.5 Å². The second-order valence-corrected chi connectivity index (χ2v) is 8.64. The van der Waals surface area contributed by atoms with E-state index in [1.54, 1.807) is 56.2 Å². The highest BCUT2D eigenvalue weighted by atomic mass is 35.5. The molecular formula is C28H28ClN3O4. The summed E-state index contributed by atoms with van der Waals surface area (Å²) in [4.78, 5) is 15.3. The average Bonchev–Trinajstić information content (AvgIpc) is 3.36. The molecule has 7 nitrogen and oxygen atoms in total. The van der Waals surface area contributed by atoms with Gasteiger partial charge in [0.1, 0.15) is 11.4 Å². The summed E-state index contributed by atoms with van der Waals surface area (Å²) < 4.78 is 17.7. The predicted molar refractivity (Wildman–Crippen MR) is 141 cm³/mol. The number of ether oxygens (including phenoxy) is 3. The molecule has 0 atom stereocenters. The molecule has 1 amide bonds. The molecule has 0 aliphatic carbocycles. The number of hydrogen-bond donors (Lipinski definition) is 0. The molecule has 0 aliphatic rings. The molecule has 4 aromatic rings. The Balaban J connectivity index is 1.63. The van der Waals surface area contributed by atoms with E-state index in [-0.39, 0.29) is 5.91 Å². The largest absolute Gasteiger partial charge is 0.497 e. The van der Waals surface area contributed by atoms with Crippen molar-refractivity contribution in [3.05, 3.63) is 89.1 Å². The van der Waals surface area contributed by atoms with E-state index in [9.17, 15) is 4.79 Å². The Morgan fingerprint density at radius 2 is 1.69 bits per heavy atom. The van der Waals surface area contributed by atoms with E-state index in [0.717, 1.165) is 11.1 Å². The zero-order chi connectivity index (χ0) is 25.7. The van der Waals surface area contributed by atoms with Gasteiger partial charge < -0.3 is 19.1 Å². The van der Waals surface area contributed by atoms with Gasteiger partial charge in [-0.1, -0.05) is 35.9 Å². The minimum absolute atomic E-state index is 0.155. The standard InChI is InChI=1S/C28H28ClN3O4/c1-31(14-13-19-11-12-26(35-3)27(15-19)36-4)28(33)25-18-24(20-7-5-10-23(16-20)34-2)30-32(25)22-9-6-8-21(29)17-22/h5-12,15-18H,13-14H2,1-4H3. The van der Waals surface area contributed by atoms with Crippen molar-refractivity contribution < 1.29 is 19.0 Å². The van der Waals surface area contributed by atoms with Crippen LogP contribution < -0.4 is 14.2 Å². The second kappa shape index (κ2) is 11.2. The average molecular weight is 506 g/mol. The van der Waals surface area contributed by atoms with E-state index < -0.39 is 0 Å². The SMILES string of the molecule is COc1cccc(-c2cc(C(=O)N(C)CCc3ccc(OC)c(OC)c3)n(-c3cccc(Cl)c3)n2)c1. The fraction of sp³-hybridized carbons (Fsp3) is 0.214. The van der Waals surface area contributed by atoms with E-state index in [0.29, 0.717) is 52.3 Å². The fourth-order valence-electron chi connectivity index (χ4n) is 3.89. The number of amides is 1. The Hall–Kier alpha value is -3.97. The van der Waals surface area contributed by atoms with Crippen molar-refractivity contribution in [1.29, 1.82) is 0 Å². The Kier molecular flexibility index (Phi) is 7.80. The molecule has 0 saturated heterocycles. The maximum Gasteiger partial charge on any atom is 0.272 e. The van der Waals surface area contributed by atoms with Gasteiger partial charge >= 0.3 is 0 Å². The van der Waals surface area contributed by atoms with Gasteiger partial charge in [-0.2, -0.15) is 5.10 Å². The number of nitrogens with zero attached hydrogens (tertiary/aromatic N) is 3. The van der Waals surface area contributed by atoms with Gasteiger partial charge in [-0.15, -0.1) is 0 Å². The third kappa shape index (κ3) is 5.47. The number of benzene rings is 3. The summed E-state index contributed by atoms with van der Waals surface area (Å²) in [6.45, 7) is 0.504. The van der Waals surface area contributed by atoms with Crippen molar-refractivity contribution in [3.63, 3.8) is 0 Å². The van der Waals surface area contributed by atoms with Crippen molar-refractivity contribution in [1.82, 2.24) is 14.7 Å². The minimum Gasteiger partial charge on any atom is -0.497 e. The Morgan fingerprint density at radius 1 is 0.917 bits per heavy atom. The van der Waals surface area contributed by atoms with Gasteiger partial charge in [0.15, 0.2) is 11.5 Å². The Labute approximate surface area is 215 Å². The van der Waals surface area contributed by atoms with Crippen LogP contribution in [-0.2, 0) is 6.42 Å². The Bertz CT molecular complexity index is 1370. The van der Waals surface area contributed by atoms with Gasteiger partial charge in [-0.05, 0) is 60.5 Å². The van der Waals surface area contributed by atoms with Gasteiger partial charge in [0.2, 0.25) is 0 Å². The number of likely N-dealkylation sites (N-methyl/N-ethyl adjacent to an activating group) is 1. The van der Waals surface area contributed by atoms with Crippen LogP contribution in [0.1, 0.15) is 16.1 Å². The lowest BCUT2D eigenvalue weighted by Gasteiger charge is -2.18. The van der Waals surface area contributed by atoms with Crippen LogP contribution in [0.5, 0.6) is 17.2 Å². The van der Waals surface area contributed by atoms with E-state index in [2.05, 4.69) is 0 Å². The van der Waals surface area contributed by atoms with Gasteiger partial charge in [0.25, 0.3) is 5.91 Å². The number of carbonyl (C=O) groups excluding carboxylic acids is 1. The number of aromatic nitrogens is 2. The summed E-state index contributed by atoms with van der Waals surface area (Å²) in [5, 5.41) is 5.32. The van der Waals surface area contributed by atoms with E-state index in [1.165, 1.54) is 0 Å². The number of halogens is 1. The first-order valence-electron chi connectivity index (χ1n) is 11.4. The van der Waals surface area contributed by atoms with Crippen LogP contribution in [0.2, 0.25) is 5.02 Å². The highest BCUT2D eigenvalue weighted by Crippen LogP contribution is 2.29. The maximum absolute atomic E-state index is 13.6. The molecule has 0 unspecified atom stereocenters. The molecule has 186 valence electrons. The number of methoxy groups -OCH3 is 3. The maximum atomic E-state index is 13.6. The van der Waals surface area contributed by atoms with Crippen LogP contribution in [0.15, 0.2) is 72.8 Å². The molecule has 36 heavy (non-hydrogen) atoms. The van der Waals surface area contributed by atoms with Crippen molar-refractivity contribution >= 4 is 17.5 Å². The highest BCUT2D eigenvalue weighted by Gasteiger charge is 2.21. The molecule has 1 heterocycles. The van der Waals surface area contributed by atoms with Gasteiger partial charge in [0.05, 0.1) is 32.7 Å². The van der Waals surface area contributed by atoms with Crippen molar-refractivity contribution in [2.75, 3.05) is 34.9 Å². The fourth-order valence-corrected chi connectivity index (χ4v) is 4.08. The lowest BCUT2D eigenvalue weighted by Crippen LogP contribution is -2.30. The first-order valence-corrected chi connectivity index (χ1v) is 11.8. The lowest BCUT2D eigenvalue weighted by atomic mass is 10.1. The molecule has 3 aromatic carbocycles. The van der Waals surface area contributed by atoms with E-state index in [4.69, 9.17) is 30.9 Å². The summed E-state index contributed by atoms with van der Waals surface area (Å²) in [6.07, 6.45) is 0.649. The van der Waals surface area contributed by atoms with E-state index >= 15 is 0 Å². The lowest BCUT2D eigenvalue weighted by molar-refractivity contribution is 0.0787. The van der Waals surface area contributed by atoms with Crippen LogP contribution in [0, 0.1) is 0 Å². The minimum atomic E-state index is -0.155. The molecule has 0 aliphatic heterocycles. The molecule has 0 radical (unpaired) electrons. The molecular weight excluding hydrogens is 478 g/mol. The molecule has 8 heteroatoms. The molecule has 0 N–H and O–H groups in total. The molecule has 4 rings (SSSR count). The zero-order valence-electron chi connectivity index (χ0n) is 20.7. The third-order valence-electron chi connectivity index (χ3n) is 5.88.